The van der Waals surface area contributed by atoms with Crippen LogP contribution in [0.15, 0.2) is 54.1 Å². The van der Waals surface area contributed by atoms with E-state index in [0.29, 0.717) is 0 Å². The number of benzene rings is 5. The van der Waals surface area contributed by atoms with Crippen molar-refractivity contribution >= 4 is 59.9 Å². The van der Waals surface area contributed by atoms with Gasteiger partial charge in [-0.25, -0.2) is 0 Å². The summed E-state index contributed by atoms with van der Waals surface area (Å²) in [6, 6.07) is 18.6. The van der Waals surface area contributed by atoms with Crippen molar-refractivity contribution in [3.8, 4) is 0 Å². The van der Waals surface area contributed by atoms with Crippen LogP contribution in [-0.2, 0) is 0 Å². The Balaban J connectivity index is 1.84. The van der Waals surface area contributed by atoms with Gasteiger partial charge in [-0.05, 0) is 82.5 Å². The summed E-state index contributed by atoms with van der Waals surface area (Å²) in [4.78, 5) is 0. The van der Waals surface area contributed by atoms with Gasteiger partial charge in [0.15, 0.2) is 0 Å². The van der Waals surface area contributed by atoms with Crippen LogP contribution in [0.25, 0.3) is 59.9 Å². The zero-order valence-electron chi connectivity index (χ0n) is 15.8. The highest BCUT2D eigenvalue weighted by Crippen LogP contribution is 2.52. The quantitative estimate of drug-likeness (QED) is 0.247. The SMILES string of the molecule is CC(C)(C)C1=Cc2cc3ccc4ccc5ccc6cc(c2c2c6c5c4c32)[CH]1. The molecule has 0 nitrogen and oxygen atoms in total. The van der Waals surface area contributed by atoms with E-state index in [9.17, 15) is 0 Å². The molecule has 0 fully saturated rings. The maximum Gasteiger partial charge on any atom is 0.0170 e. The Morgan fingerprint density at radius 1 is 0.519 bits per heavy atom. The minimum atomic E-state index is 0.144. The monoisotopic (exact) mass is 343 g/mol. The highest BCUT2D eigenvalue weighted by molar-refractivity contribution is 6.45. The molecule has 0 aromatic heterocycles. The maximum atomic E-state index is 2.42. The van der Waals surface area contributed by atoms with E-state index in [1.165, 1.54) is 70.6 Å². The minimum absolute atomic E-state index is 0.144. The third-order valence-corrected chi connectivity index (χ3v) is 6.67. The van der Waals surface area contributed by atoms with Gasteiger partial charge in [-0.2, -0.15) is 0 Å². The second-order valence-electron chi connectivity index (χ2n) is 9.26. The van der Waals surface area contributed by atoms with Gasteiger partial charge in [0, 0.05) is 6.42 Å². The summed E-state index contributed by atoms with van der Waals surface area (Å²) in [6.45, 7) is 6.92. The Bertz CT molecular complexity index is 1520. The molecule has 0 saturated heterocycles. The van der Waals surface area contributed by atoms with Gasteiger partial charge in [0.25, 0.3) is 0 Å². The van der Waals surface area contributed by atoms with Crippen molar-refractivity contribution in [3.05, 3.63) is 71.7 Å². The molecule has 0 atom stereocenters. The lowest BCUT2D eigenvalue weighted by Crippen LogP contribution is -2.12. The van der Waals surface area contributed by atoms with Crippen LogP contribution in [0.3, 0.4) is 0 Å². The predicted molar refractivity (Wildman–Crippen MR) is 118 cm³/mol. The second-order valence-corrected chi connectivity index (χ2v) is 9.26. The number of hydrogen-bond acceptors (Lipinski definition) is 0. The van der Waals surface area contributed by atoms with E-state index in [4.69, 9.17) is 0 Å². The molecule has 0 spiro atoms. The van der Waals surface area contributed by atoms with Crippen LogP contribution in [0.1, 0.15) is 31.9 Å². The number of rotatable bonds is 0. The molecule has 0 saturated carbocycles. The number of hydrogen-bond donors (Lipinski definition) is 0. The minimum Gasteiger partial charge on any atom is -0.0564 e. The molecule has 0 heteroatoms. The Morgan fingerprint density at radius 3 is 1.56 bits per heavy atom. The lowest BCUT2D eigenvalue weighted by molar-refractivity contribution is 0.514. The van der Waals surface area contributed by atoms with E-state index < -0.39 is 0 Å². The van der Waals surface area contributed by atoms with E-state index in [1.807, 2.05) is 0 Å². The van der Waals surface area contributed by atoms with Crippen molar-refractivity contribution in [2.45, 2.75) is 20.8 Å². The van der Waals surface area contributed by atoms with Gasteiger partial charge in [-0.3, -0.25) is 0 Å². The summed E-state index contributed by atoms with van der Waals surface area (Å²) in [6.07, 6.45) is 4.84. The largest absolute Gasteiger partial charge is 0.0564 e. The van der Waals surface area contributed by atoms with Crippen LogP contribution in [-0.4, -0.2) is 0 Å². The molecule has 0 unspecified atom stereocenters. The van der Waals surface area contributed by atoms with Gasteiger partial charge in [0.05, 0.1) is 0 Å². The van der Waals surface area contributed by atoms with Crippen molar-refractivity contribution in [1.82, 2.24) is 0 Å². The van der Waals surface area contributed by atoms with E-state index in [1.54, 1.807) is 0 Å². The fraction of sp³-hybridized carbons (Fsp3) is 0.148. The molecule has 6 aromatic carbocycles. The second kappa shape index (κ2) is 4.17. The molecule has 27 heavy (non-hydrogen) atoms. The smallest absolute Gasteiger partial charge is 0.0170 e. The molecular weight excluding hydrogens is 324 g/mol. The molecule has 1 aliphatic rings. The van der Waals surface area contributed by atoms with Crippen molar-refractivity contribution in [2.75, 3.05) is 0 Å². The van der Waals surface area contributed by atoms with E-state index >= 15 is 0 Å². The predicted octanol–water partition coefficient (Wildman–Crippen LogP) is 7.76. The van der Waals surface area contributed by atoms with Crippen LogP contribution in [0.5, 0.6) is 0 Å². The molecule has 0 amide bonds. The molecule has 7 rings (SSSR count). The third-order valence-electron chi connectivity index (χ3n) is 6.67. The first-order valence-corrected chi connectivity index (χ1v) is 9.79. The summed E-state index contributed by atoms with van der Waals surface area (Å²) in [5, 5.41) is 14.2. The molecule has 0 N–H and O–H groups in total. The van der Waals surface area contributed by atoms with Gasteiger partial charge in [0.1, 0.15) is 0 Å². The van der Waals surface area contributed by atoms with Gasteiger partial charge in [0.2, 0.25) is 0 Å². The van der Waals surface area contributed by atoms with E-state index in [2.05, 4.69) is 81.8 Å². The van der Waals surface area contributed by atoms with Gasteiger partial charge in [-0.15, -0.1) is 0 Å². The molecule has 0 heterocycles. The first kappa shape index (κ1) is 14.2. The number of allylic oxidation sites excluding steroid dienone is 1. The standard InChI is InChI=1S/C27H19/c1-27(2,3)20-12-18-10-16-8-6-14-4-5-15-7-9-17-11-19(13-20)21(18)26-24(16)22(14)23(15)25(17)26/h4-13H,1-3H3. The molecule has 1 radical (unpaired) electrons. The molecule has 127 valence electrons. The lowest BCUT2D eigenvalue weighted by Gasteiger charge is -2.28. The normalized spacial score (nSPS) is 15.3. The summed E-state index contributed by atoms with van der Waals surface area (Å²) < 4.78 is 0. The lowest BCUT2D eigenvalue weighted by atomic mass is 9.76. The Labute approximate surface area is 158 Å². The maximum absolute atomic E-state index is 2.42. The fourth-order valence-electron chi connectivity index (χ4n) is 5.39. The van der Waals surface area contributed by atoms with Gasteiger partial charge < -0.3 is 0 Å². The van der Waals surface area contributed by atoms with E-state index in [-0.39, 0.29) is 5.41 Å². The fourth-order valence-corrected chi connectivity index (χ4v) is 5.39. The Kier molecular flexibility index (Phi) is 2.20. The van der Waals surface area contributed by atoms with Crippen LogP contribution in [0, 0.1) is 11.8 Å². The zero-order chi connectivity index (χ0) is 18.1. The van der Waals surface area contributed by atoms with Crippen molar-refractivity contribution < 1.29 is 0 Å². The Morgan fingerprint density at radius 2 is 1.00 bits per heavy atom. The molecule has 1 aliphatic carbocycles. The topological polar surface area (TPSA) is 0 Å². The van der Waals surface area contributed by atoms with Crippen molar-refractivity contribution in [2.24, 2.45) is 5.41 Å². The van der Waals surface area contributed by atoms with Crippen LogP contribution in [0.4, 0.5) is 0 Å². The zero-order valence-corrected chi connectivity index (χ0v) is 15.8. The van der Waals surface area contributed by atoms with Crippen molar-refractivity contribution in [1.29, 1.82) is 0 Å². The summed E-state index contributed by atoms with van der Waals surface area (Å²) >= 11 is 0. The van der Waals surface area contributed by atoms with E-state index in [0.717, 1.165) is 0 Å². The first-order valence-electron chi connectivity index (χ1n) is 9.79. The van der Waals surface area contributed by atoms with Crippen LogP contribution in [0.2, 0.25) is 0 Å². The average Bonchev–Trinajstić information content (AvgIpc) is 3.01. The first-order chi connectivity index (χ1) is 13.0. The third kappa shape index (κ3) is 1.53. The van der Waals surface area contributed by atoms with Gasteiger partial charge >= 0.3 is 0 Å². The molecule has 0 aliphatic heterocycles. The van der Waals surface area contributed by atoms with Gasteiger partial charge in [-0.1, -0.05) is 68.8 Å². The highest BCUT2D eigenvalue weighted by atomic mass is 14.3. The van der Waals surface area contributed by atoms with Crippen LogP contribution < -0.4 is 0 Å². The van der Waals surface area contributed by atoms with Crippen LogP contribution >= 0.6 is 0 Å². The van der Waals surface area contributed by atoms with Crippen molar-refractivity contribution in [3.63, 3.8) is 0 Å². The summed E-state index contributed by atoms with van der Waals surface area (Å²) in [5.74, 6) is 0. The molecule has 0 bridgehead atoms. The summed E-state index contributed by atoms with van der Waals surface area (Å²) in [7, 11) is 0. The highest BCUT2D eigenvalue weighted by Gasteiger charge is 2.27. The Hall–Kier alpha value is -2.86. The molecule has 6 aromatic rings. The average molecular weight is 343 g/mol. The summed E-state index contributed by atoms with van der Waals surface area (Å²) in [5.41, 5.74) is 4.32. The molecular formula is C27H19.